The molecular formula is C7H11N3O3. The van der Waals surface area contributed by atoms with Crippen molar-refractivity contribution in [3.05, 3.63) is 12.0 Å². The Labute approximate surface area is 75.4 Å². The molecule has 0 aromatic heterocycles. The number of nitrogens with one attached hydrogen (secondary N) is 2. The van der Waals surface area contributed by atoms with E-state index in [4.69, 9.17) is 10.5 Å². The zero-order valence-electron chi connectivity index (χ0n) is 7.15. The number of aliphatic hydroxyl groups is 1. The van der Waals surface area contributed by atoms with Gasteiger partial charge in [-0.1, -0.05) is 0 Å². The van der Waals surface area contributed by atoms with Crippen molar-refractivity contribution >= 4 is 18.5 Å². The fourth-order valence-electron chi connectivity index (χ4n) is 0.585. The summed E-state index contributed by atoms with van der Waals surface area (Å²) in [5.74, 6) is -0.209. The minimum absolute atomic E-state index is 0.0155. The first-order chi connectivity index (χ1) is 6.17. The van der Waals surface area contributed by atoms with Crippen LogP contribution in [0.1, 0.15) is 0 Å². The highest BCUT2D eigenvalue weighted by atomic mass is 16.2. The van der Waals surface area contributed by atoms with Gasteiger partial charge in [0, 0.05) is 7.05 Å². The molecule has 0 aliphatic heterocycles. The van der Waals surface area contributed by atoms with E-state index in [0.29, 0.717) is 19.0 Å². The zero-order valence-corrected chi connectivity index (χ0v) is 7.15. The van der Waals surface area contributed by atoms with Gasteiger partial charge in [-0.05, 0) is 0 Å². The van der Waals surface area contributed by atoms with Gasteiger partial charge in [-0.2, -0.15) is 0 Å². The molecule has 0 fully saturated rings. The molecule has 0 aliphatic rings. The molecule has 6 nitrogen and oxygen atoms in total. The Bertz CT molecular complexity index is 237. The summed E-state index contributed by atoms with van der Waals surface area (Å²) in [6.45, 7) is -0.0263. The number of amides is 1. The number of aldehydes is 1. The Balaban J connectivity index is 4.32. The Morgan fingerprint density at radius 1 is 1.62 bits per heavy atom. The maximum atomic E-state index is 10.2. The van der Waals surface area contributed by atoms with Gasteiger partial charge in [-0.25, -0.2) is 0 Å². The van der Waals surface area contributed by atoms with E-state index in [1.54, 1.807) is 0 Å². The Morgan fingerprint density at radius 2 is 2.23 bits per heavy atom. The first-order valence-corrected chi connectivity index (χ1v) is 3.46. The fourth-order valence-corrected chi connectivity index (χ4v) is 0.585. The van der Waals surface area contributed by atoms with Crippen molar-refractivity contribution < 1.29 is 14.7 Å². The Hall–Kier alpha value is -1.85. The van der Waals surface area contributed by atoms with Crippen LogP contribution in [-0.2, 0) is 9.59 Å². The van der Waals surface area contributed by atoms with Crippen LogP contribution in [-0.4, -0.2) is 42.1 Å². The van der Waals surface area contributed by atoms with Crippen molar-refractivity contribution in [3.8, 4) is 0 Å². The van der Waals surface area contributed by atoms with Crippen molar-refractivity contribution in [2.24, 2.45) is 0 Å². The third kappa shape index (κ3) is 3.37. The third-order valence-electron chi connectivity index (χ3n) is 1.27. The maximum Gasteiger partial charge on any atom is 0.215 e. The second kappa shape index (κ2) is 5.76. The van der Waals surface area contributed by atoms with Crippen molar-refractivity contribution in [3.63, 3.8) is 0 Å². The van der Waals surface area contributed by atoms with Crippen LogP contribution in [0.4, 0.5) is 0 Å². The van der Waals surface area contributed by atoms with E-state index in [9.17, 15) is 9.59 Å². The molecule has 72 valence electrons. The molecule has 1 amide bonds. The Kier molecular flexibility index (Phi) is 4.94. The molecule has 0 bridgehead atoms. The molecule has 6 heteroatoms. The summed E-state index contributed by atoms with van der Waals surface area (Å²) in [6, 6.07) is 0. The molecule has 0 spiro atoms. The highest BCUT2D eigenvalue weighted by Gasteiger charge is 2.08. The number of hydrogen-bond acceptors (Lipinski definition) is 5. The standard InChI is InChI=1S/C7H11N3O3/c1-10(5-13)7(8)6(4-12)9-2-3-11/h3-5,8-9,12H,2H2,1H3. The van der Waals surface area contributed by atoms with Gasteiger partial charge in [0.25, 0.3) is 0 Å². The molecule has 0 aromatic carbocycles. The van der Waals surface area contributed by atoms with Gasteiger partial charge >= 0.3 is 0 Å². The molecule has 0 aromatic rings. The predicted octanol–water partition coefficient (Wildman–Crippen LogP) is -0.760. The van der Waals surface area contributed by atoms with Gasteiger partial charge < -0.3 is 20.1 Å². The van der Waals surface area contributed by atoms with Crippen LogP contribution < -0.4 is 5.32 Å². The van der Waals surface area contributed by atoms with E-state index < -0.39 is 0 Å². The van der Waals surface area contributed by atoms with Crippen LogP contribution in [0, 0.1) is 5.41 Å². The van der Waals surface area contributed by atoms with Crippen LogP contribution >= 0.6 is 0 Å². The summed E-state index contributed by atoms with van der Waals surface area (Å²) in [6.07, 6.45) is 1.64. The molecule has 0 saturated carbocycles. The van der Waals surface area contributed by atoms with Crippen LogP contribution in [0.25, 0.3) is 0 Å². The molecule has 0 radical (unpaired) electrons. The van der Waals surface area contributed by atoms with Crippen molar-refractivity contribution in [1.29, 1.82) is 5.41 Å². The summed E-state index contributed by atoms with van der Waals surface area (Å²) in [5, 5.41) is 18.4. The van der Waals surface area contributed by atoms with E-state index >= 15 is 0 Å². The van der Waals surface area contributed by atoms with Crippen molar-refractivity contribution in [1.82, 2.24) is 10.2 Å². The molecule has 0 rings (SSSR count). The summed E-state index contributed by atoms with van der Waals surface area (Å²) < 4.78 is 0. The number of carbonyl (C=O) groups is 2. The number of hydrogen-bond donors (Lipinski definition) is 3. The van der Waals surface area contributed by atoms with Crippen molar-refractivity contribution in [2.45, 2.75) is 0 Å². The molecule has 0 heterocycles. The molecule has 0 saturated heterocycles. The first-order valence-electron chi connectivity index (χ1n) is 3.46. The number of carbonyl (C=O) groups excluding carboxylic acids is 2. The first kappa shape index (κ1) is 11.2. The molecule has 3 N–H and O–H groups in total. The number of nitrogens with zero attached hydrogens (tertiary/aromatic N) is 1. The van der Waals surface area contributed by atoms with E-state index in [1.165, 1.54) is 7.05 Å². The van der Waals surface area contributed by atoms with Crippen molar-refractivity contribution in [2.75, 3.05) is 13.6 Å². The van der Waals surface area contributed by atoms with E-state index in [1.807, 2.05) is 0 Å². The van der Waals surface area contributed by atoms with Crippen LogP contribution in [0.5, 0.6) is 0 Å². The molecule has 0 unspecified atom stereocenters. The van der Waals surface area contributed by atoms with Gasteiger partial charge in [-0.15, -0.1) is 0 Å². The lowest BCUT2D eigenvalue weighted by Crippen LogP contribution is -2.32. The van der Waals surface area contributed by atoms with Gasteiger partial charge in [0.2, 0.25) is 6.41 Å². The summed E-state index contributed by atoms with van der Waals surface area (Å²) in [5.41, 5.74) is 0.0155. The van der Waals surface area contributed by atoms with E-state index in [0.717, 1.165) is 4.90 Å². The topological polar surface area (TPSA) is 93.5 Å². The van der Waals surface area contributed by atoms with Gasteiger partial charge in [-0.3, -0.25) is 10.2 Å². The lowest BCUT2D eigenvalue weighted by Gasteiger charge is -2.14. The second-order valence-electron chi connectivity index (χ2n) is 2.16. The summed E-state index contributed by atoms with van der Waals surface area (Å²) in [7, 11) is 1.36. The van der Waals surface area contributed by atoms with Gasteiger partial charge in [0.1, 0.15) is 18.2 Å². The van der Waals surface area contributed by atoms with Crippen LogP contribution in [0.3, 0.4) is 0 Å². The summed E-state index contributed by atoms with van der Waals surface area (Å²) >= 11 is 0. The predicted molar refractivity (Wildman–Crippen MR) is 46.3 cm³/mol. The SMILES string of the molecule is CN(C=O)C(=N)C(=CO)NCC=O. The lowest BCUT2D eigenvalue weighted by atomic mass is 10.4. The molecule has 0 aliphatic carbocycles. The zero-order chi connectivity index (χ0) is 10.3. The van der Waals surface area contributed by atoms with Crippen LogP contribution in [0.15, 0.2) is 12.0 Å². The number of aliphatic hydroxyl groups excluding tert-OH is 1. The number of likely N-dealkylation sites (N-methyl/N-ethyl adjacent to an activating group) is 1. The quantitative estimate of drug-likeness (QED) is 0.227. The smallest absolute Gasteiger partial charge is 0.215 e. The monoisotopic (exact) mass is 185 g/mol. The highest BCUT2D eigenvalue weighted by molar-refractivity contribution is 6.00. The highest BCUT2D eigenvalue weighted by Crippen LogP contribution is 1.93. The lowest BCUT2D eigenvalue weighted by molar-refractivity contribution is -0.114. The third-order valence-corrected chi connectivity index (χ3v) is 1.27. The van der Waals surface area contributed by atoms with Gasteiger partial charge in [0.05, 0.1) is 6.54 Å². The molecular weight excluding hydrogens is 174 g/mol. The maximum absolute atomic E-state index is 10.2. The average molecular weight is 185 g/mol. The minimum Gasteiger partial charge on any atom is -0.513 e. The second-order valence-corrected chi connectivity index (χ2v) is 2.16. The summed E-state index contributed by atoms with van der Waals surface area (Å²) in [4.78, 5) is 21.1. The van der Waals surface area contributed by atoms with E-state index in [-0.39, 0.29) is 18.1 Å². The van der Waals surface area contributed by atoms with E-state index in [2.05, 4.69) is 5.32 Å². The number of rotatable bonds is 5. The fraction of sp³-hybridized carbons (Fsp3) is 0.286. The normalized spacial score (nSPS) is 10.4. The number of amidine groups is 1. The minimum atomic E-state index is -0.209. The Morgan fingerprint density at radius 3 is 2.62 bits per heavy atom. The average Bonchev–Trinajstić information content (AvgIpc) is 2.17. The molecule has 0 atom stereocenters. The molecule has 13 heavy (non-hydrogen) atoms. The largest absolute Gasteiger partial charge is 0.513 e. The van der Waals surface area contributed by atoms with Gasteiger partial charge in [0.15, 0.2) is 5.84 Å². The van der Waals surface area contributed by atoms with Crippen LogP contribution in [0.2, 0.25) is 0 Å².